The van der Waals surface area contributed by atoms with Crippen LogP contribution >= 0.6 is 11.5 Å². The molecule has 0 aliphatic heterocycles. The largest absolute Gasteiger partial charge is 0.456 e. The third kappa shape index (κ3) is 3.01. The molecule has 4 nitrogen and oxygen atoms in total. The molecule has 0 saturated carbocycles. The third-order valence-corrected chi connectivity index (χ3v) is 3.74. The zero-order chi connectivity index (χ0) is 15.4. The molecule has 0 amide bonds. The van der Waals surface area contributed by atoms with Crippen LogP contribution < -0.4 is 0 Å². The molecule has 0 saturated heterocycles. The maximum atomic E-state index is 13.5. The van der Waals surface area contributed by atoms with E-state index in [-0.39, 0.29) is 6.61 Å². The lowest BCUT2D eigenvalue weighted by Gasteiger charge is -2.05. The molecule has 2 aromatic carbocycles. The maximum absolute atomic E-state index is 13.5. The van der Waals surface area contributed by atoms with Crippen LogP contribution in [-0.2, 0) is 11.3 Å². The van der Waals surface area contributed by atoms with Gasteiger partial charge in [-0.05, 0) is 17.6 Å². The minimum absolute atomic E-state index is 0.127. The normalized spacial score (nSPS) is 10.4. The molecule has 22 heavy (non-hydrogen) atoms. The first-order valence-corrected chi connectivity index (χ1v) is 7.31. The quantitative estimate of drug-likeness (QED) is 0.689. The van der Waals surface area contributed by atoms with Crippen LogP contribution in [0.25, 0.3) is 11.3 Å². The number of aromatic nitrogens is 2. The van der Waals surface area contributed by atoms with Crippen LogP contribution in [0, 0.1) is 5.82 Å². The van der Waals surface area contributed by atoms with Gasteiger partial charge >= 0.3 is 5.97 Å². The van der Waals surface area contributed by atoms with E-state index in [1.807, 2.05) is 30.3 Å². The van der Waals surface area contributed by atoms with Gasteiger partial charge in [-0.3, -0.25) is 0 Å². The lowest BCUT2D eigenvalue weighted by atomic mass is 10.1. The number of esters is 1. The van der Waals surface area contributed by atoms with Crippen molar-refractivity contribution in [1.82, 2.24) is 9.59 Å². The number of carbonyl (C=O) groups excluding carboxylic acids is 1. The van der Waals surface area contributed by atoms with Crippen LogP contribution in [-0.4, -0.2) is 15.6 Å². The summed E-state index contributed by atoms with van der Waals surface area (Å²) in [7, 11) is 0. The highest BCUT2D eigenvalue weighted by Gasteiger charge is 2.19. The van der Waals surface area contributed by atoms with Gasteiger partial charge in [0.1, 0.15) is 18.1 Å². The molecule has 0 radical (unpaired) electrons. The Morgan fingerprint density at radius 1 is 1.09 bits per heavy atom. The number of hydrogen-bond donors (Lipinski definition) is 0. The smallest absolute Gasteiger partial charge is 0.352 e. The molecule has 0 fully saturated rings. The van der Waals surface area contributed by atoms with Crippen molar-refractivity contribution in [3.63, 3.8) is 0 Å². The molecule has 3 aromatic rings. The van der Waals surface area contributed by atoms with E-state index in [4.69, 9.17) is 4.74 Å². The Balaban J connectivity index is 1.77. The number of halogens is 1. The van der Waals surface area contributed by atoms with Crippen molar-refractivity contribution in [2.45, 2.75) is 6.61 Å². The molecular formula is C16H11FN2O2S. The molecule has 1 heterocycles. The first-order valence-electron chi connectivity index (χ1n) is 6.54. The predicted octanol–water partition coefficient (Wildman–Crippen LogP) is 3.70. The van der Waals surface area contributed by atoms with Gasteiger partial charge in [-0.1, -0.05) is 53.0 Å². The fraction of sp³-hybridized carbons (Fsp3) is 0.0625. The number of benzene rings is 2. The van der Waals surface area contributed by atoms with Crippen molar-refractivity contribution in [2.75, 3.05) is 0 Å². The zero-order valence-electron chi connectivity index (χ0n) is 11.4. The molecule has 0 aliphatic rings. The van der Waals surface area contributed by atoms with Crippen molar-refractivity contribution < 1.29 is 13.9 Å². The Kier molecular flexibility index (Phi) is 4.20. The van der Waals surface area contributed by atoms with Crippen molar-refractivity contribution in [3.05, 3.63) is 70.9 Å². The second-order valence-electron chi connectivity index (χ2n) is 4.48. The molecule has 6 heteroatoms. The van der Waals surface area contributed by atoms with E-state index in [0.29, 0.717) is 16.1 Å². The molecule has 0 aliphatic carbocycles. The predicted molar refractivity (Wildman–Crippen MR) is 80.9 cm³/mol. The van der Waals surface area contributed by atoms with Gasteiger partial charge in [0.15, 0.2) is 4.88 Å². The molecule has 0 unspecified atom stereocenters. The van der Waals surface area contributed by atoms with Gasteiger partial charge in [-0.25, -0.2) is 9.18 Å². The Morgan fingerprint density at radius 3 is 2.59 bits per heavy atom. The third-order valence-electron chi connectivity index (χ3n) is 3.04. The Morgan fingerprint density at radius 2 is 1.82 bits per heavy atom. The van der Waals surface area contributed by atoms with Gasteiger partial charge in [0.2, 0.25) is 0 Å². The summed E-state index contributed by atoms with van der Waals surface area (Å²) < 4.78 is 22.5. The highest BCUT2D eigenvalue weighted by Crippen LogP contribution is 2.24. The molecule has 110 valence electrons. The fourth-order valence-corrected chi connectivity index (χ4v) is 2.52. The summed E-state index contributed by atoms with van der Waals surface area (Å²) in [6.07, 6.45) is 0. The molecular weight excluding hydrogens is 303 g/mol. The second-order valence-corrected chi connectivity index (χ2v) is 5.24. The first kappa shape index (κ1) is 14.3. The van der Waals surface area contributed by atoms with E-state index in [1.165, 1.54) is 6.07 Å². The van der Waals surface area contributed by atoms with E-state index < -0.39 is 11.8 Å². The van der Waals surface area contributed by atoms with Crippen molar-refractivity contribution in [3.8, 4) is 11.3 Å². The molecule has 0 bridgehead atoms. The summed E-state index contributed by atoms with van der Waals surface area (Å²) in [5.41, 5.74) is 1.59. The minimum atomic E-state index is -0.558. The molecule has 0 N–H and O–H groups in total. The lowest BCUT2D eigenvalue weighted by Crippen LogP contribution is -2.06. The Hall–Kier alpha value is -2.60. The van der Waals surface area contributed by atoms with Crippen molar-refractivity contribution in [1.29, 1.82) is 0 Å². The molecule has 0 atom stereocenters. The van der Waals surface area contributed by atoms with Crippen LogP contribution in [0.2, 0.25) is 0 Å². The van der Waals surface area contributed by atoms with Crippen LogP contribution in [0.1, 0.15) is 15.2 Å². The van der Waals surface area contributed by atoms with Crippen molar-refractivity contribution >= 4 is 17.5 Å². The number of hydrogen-bond acceptors (Lipinski definition) is 5. The number of rotatable bonds is 4. The number of carbonyl (C=O) groups is 1. The lowest BCUT2D eigenvalue weighted by molar-refractivity contribution is 0.0475. The van der Waals surface area contributed by atoms with Gasteiger partial charge in [0.25, 0.3) is 0 Å². The highest BCUT2D eigenvalue weighted by atomic mass is 32.1. The topological polar surface area (TPSA) is 52.1 Å². The summed E-state index contributed by atoms with van der Waals surface area (Å²) >= 11 is 0.962. The fourth-order valence-electron chi connectivity index (χ4n) is 1.93. The summed E-state index contributed by atoms with van der Waals surface area (Å²) in [5.74, 6) is -0.960. The summed E-state index contributed by atoms with van der Waals surface area (Å²) in [6.45, 7) is -0.127. The van der Waals surface area contributed by atoms with E-state index >= 15 is 0 Å². The standard InChI is InChI=1S/C16H11FN2O2S/c17-13-9-5-4-8-12(13)10-21-16(20)15-14(18-19-22-15)11-6-2-1-3-7-11/h1-9H,10H2. The monoisotopic (exact) mass is 314 g/mol. The van der Waals surface area contributed by atoms with Crippen molar-refractivity contribution in [2.24, 2.45) is 0 Å². The van der Waals surface area contributed by atoms with Crippen LogP contribution in [0.3, 0.4) is 0 Å². The number of ether oxygens (including phenoxy) is 1. The molecule has 1 aromatic heterocycles. The number of nitrogens with zero attached hydrogens (tertiary/aromatic N) is 2. The minimum Gasteiger partial charge on any atom is -0.456 e. The van der Waals surface area contributed by atoms with Gasteiger partial charge < -0.3 is 4.74 Å². The first-order chi connectivity index (χ1) is 10.8. The van der Waals surface area contributed by atoms with Gasteiger partial charge in [0.05, 0.1) is 0 Å². The summed E-state index contributed by atoms with van der Waals surface area (Å²) in [6, 6.07) is 15.4. The average molecular weight is 314 g/mol. The van der Waals surface area contributed by atoms with Crippen LogP contribution in [0.4, 0.5) is 4.39 Å². The van der Waals surface area contributed by atoms with Crippen LogP contribution in [0.5, 0.6) is 0 Å². The molecule has 0 spiro atoms. The summed E-state index contributed by atoms with van der Waals surface area (Å²) in [5, 5.41) is 3.97. The second kappa shape index (κ2) is 6.44. The van der Waals surface area contributed by atoms with Gasteiger partial charge in [-0.15, -0.1) is 5.10 Å². The summed E-state index contributed by atoms with van der Waals surface area (Å²) in [4.78, 5) is 12.5. The highest BCUT2D eigenvalue weighted by molar-refractivity contribution is 7.08. The SMILES string of the molecule is O=C(OCc1ccccc1F)c1snnc1-c1ccccc1. The Bertz CT molecular complexity index is 790. The zero-order valence-corrected chi connectivity index (χ0v) is 12.2. The average Bonchev–Trinajstić information content (AvgIpc) is 3.04. The maximum Gasteiger partial charge on any atom is 0.352 e. The Labute approximate surface area is 130 Å². The van der Waals surface area contributed by atoms with Crippen LogP contribution in [0.15, 0.2) is 54.6 Å². The van der Waals surface area contributed by atoms with Gasteiger partial charge in [0, 0.05) is 11.1 Å². The van der Waals surface area contributed by atoms with E-state index in [0.717, 1.165) is 17.1 Å². The van der Waals surface area contributed by atoms with E-state index in [9.17, 15) is 9.18 Å². The molecule has 3 rings (SSSR count). The van der Waals surface area contributed by atoms with E-state index in [2.05, 4.69) is 9.59 Å². The van der Waals surface area contributed by atoms with Gasteiger partial charge in [-0.2, -0.15) is 0 Å². The van der Waals surface area contributed by atoms with E-state index in [1.54, 1.807) is 18.2 Å².